The molecule has 0 atom stereocenters. The van der Waals surface area contributed by atoms with Crippen LogP contribution in [0.15, 0.2) is 6.07 Å². The predicted octanol–water partition coefficient (Wildman–Crippen LogP) is 2.35. The number of nitrogens with zero attached hydrogens (tertiary/aromatic N) is 1. The number of aromatic carboxylic acids is 1. The molecule has 1 aromatic rings. The molecule has 12 heavy (non-hydrogen) atoms. The number of aromatic nitrogens is 1. The van der Waals surface area contributed by atoms with Gasteiger partial charge in [0, 0.05) is 0 Å². The summed E-state index contributed by atoms with van der Waals surface area (Å²) in [7, 11) is 0. The Morgan fingerprint density at radius 3 is 2.83 bits per heavy atom. The van der Waals surface area contributed by atoms with Crippen LogP contribution < -0.4 is 0 Å². The second-order valence-electron chi connectivity index (χ2n) is 2.24. The van der Waals surface area contributed by atoms with Crippen LogP contribution in [0.5, 0.6) is 0 Å². The molecular formula is C7H5ClINO2. The number of carboxylic acids is 1. The molecule has 1 N–H and O–H groups in total. The van der Waals surface area contributed by atoms with Crippen LogP contribution in [0.25, 0.3) is 0 Å². The fourth-order valence-electron chi connectivity index (χ4n) is 0.720. The van der Waals surface area contributed by atoms with Crippen LogP contribution in [0.3, 0.4) is 0 Å². The molecule has 1 aromatic heterocycles. The maximum absolute atomic E-state index is 10.6. The van der Waals surface area contributed by atoms with Gasteiger partial charge in [0.2, 0.25) is 0 Å². The number of carboxylic acid groups (broad SMARTS) is 1. The van der Waals surface area contributed by atoms with Crippen molar-refractivity contribution in [3.8, 4) is 0 Å². The Bertz CT molecular complexity index is 340. The molecule has 0 aliphatic rings. The topological polar surface area (TPSA) is 50.2 Å². The van der Waals surface area contributed by atoms with Gasteiger partial charge in [-0.05, 0) is 41.1 Å². The lowest BCUT2D eigenvalue weighted by molar-refractivity contribution is 0.0695. The monoisotopic (exact) mass is 297 g/mol. The first kappa shape index (κ1) is 9.73. The molecule has 3 nitrogen and oxygen atoms in total. The Hall–Kier alpha value is -0.360. The van der Waals surface area contributed by atoms with E-state index in [1.54, 1.807) is 6.92 Å². The van der Waals surface area contributed by atoms with Crippen molar-refractivity contribution in [3.63, 3.8) is 0 Å². The van der Waals surface area contributed by atoms with Crippen molar-refractivity contribution in [2.75, 3.05) is 0 Å². The third kappa shape index (κ3) is 1.87. The first-order valence-electron chi connectivity index (χ1n) is 3.08. The van der Waals surface area contributed by atoms with Gasteiger partial charge in [-0.3, -0.25) is 0 Å². The molecule has 1 rings (SSSR count). The number of pyridine rings is 1. The van der Waals surface area contributed by atoms with E-state index in [4.69, 9.17) is 16.7 Å². The van der Waals surface area contributed by atoms with E-state index >= 15 is 0 Å². The number of aryl methyl sites for hydroxylation is 1. The zero-order valence-electron chi connectivity index (χ0n) is 6.14. The number of carbonyl (C=O) groups is 1. The van der Waals surface area contributed by atoms with Crippen LogP contribution >= 0.6 is 34.2 Å². The first-order valence-corrected chi connectivity index (χ1v) is 4.54. The molecule has 0 fully saturated rings. The van der Waals surface area contributed by atoms with E-state index in [0.29, 0.717) is 14.4 Å². The lowest BCUT2D eigenvalue weighted by Crippen LogP contribution is -2.02. The van der Waals surface area contributed by atoms with Crippen molar-refractivity contribution in [2.45, 2.75) is 6.92 Å². The normalized spacial score (nSPS) is 9.92. The average molecular weight is 297 g/mol. The van der Waals surface area contributed by atoms with Gasteiger partial charge in [-0.25, -0.2) is 9.78 Å². The number of hydrogen-bond donors (Lipinski definition) is 1. The molecule has 0 aliphatic carbocycles. The van der Waals surface area contributed by atoms with Crippen molar-refractivity contribution in [2.24, 2.45) is 0 Å². The standard InChI is InChI=1S/C7H5ClINO2/c1-3-2-4(7(11)12)6(9)10-5(3)8/h2H,1H3,(H,11,12). The van der Waals surface area contributed by atoms with Crippen molar-refractivity contribution in [3.05, 3.63) is 26.0 Å². The third-order valence-electron chi connectivity index (χ3n) is 1.34. The van der Waals surface area contributed by atoms with E-state index in [2.05, 4.69) is 4.98 Å². The highest BCUT2D eigenvalue weighted by Crippen LogP contribution is 2.18. The van der Waals surface area contributed by atoms with Gasteiger partial charge in [0.05, 0.1) is 5.56 Å². The SMILES string of the molecule is Cc1cc(C(=O)O)c(I)nc1Cl. The molecule has 1 heterocycles. The molecule has 5 heteroatoms. The zero-order chi connectivity index (χ0) is 9.30. The molecule has 64 valence electrons. The average Bonchev–Trinajstić information content (AvgIpc) is 1.96. The third-order valence-corrected chi connectivity index (χ3v) is 2.54. The molecule has 0 amide bonds. The Morgan fingerprint density at radius 1 is 1.75 bits per heavy atom. The highest BCUT2D eigenvalue weighted by atomic mass is 127. The summed E-state index contributed by atoms with van der Waals surface area (Å²) in [6.07, 6.45) is 0. The summed E-state index contributed by atoms with van der Waals surface area (Å²) in [5.41, 5.74) is 0.868. The maximum Gasteiger partial charge on any atom is 0.338 e. The predicted molar refractivity (Wildman–Crippen MR) is 53.7 cm³/mol. The second-order valence-corrected chi connectivity index (χ2v) is 3.62. The van der Waals surface area contributed by atoms with Gasteiger partial charge in [-0.15, -0.1) is 0 Å². The molecule has 0 saturated heterocycles. The summed E-state index contributed by atoms with van der Waals surface area (Å²) in [4.78, 5) is 14.5. The highest BCUT2D eigenvalue weighted by molar-refractivity contribution is 14.1. The zero-order valence-corrected chi connectivity index (χ0v) is 9.05. The summed E-state index contributed by atoms with van der Waals surface area (Å²) in [6.45, 7) is 1.72. The van der Waals surface area contributed by atoms with E-state index in [9.17, 15) is 4.79 Å². The fourth-order valence-corrected chi connectivity index (χ4v) is 1.63. The minimum atomic E-state index is -0.980. The van der Waals surface area contributed by atoms with Crippen LogP contribution in [-0.2, 0) is 0 Å². The fraction of sp³-hybridized carbons (Fsp3) is 0.143. The quantitative estimate of drug-likeness (QED) is 0.639. The van der Waals surface area contributed by atoms with Crippen LogP contribution in [0.4, 0.5) is 0 Å². The maximum atomic E-state index is 10.6. The first-order chi connectivity index (χ1) is 5.52. The summed E-state index contributed by atoms with van der Waals surface area (Å²) in [6, 6.07) is 1.51. The Balaban J connectivity index is 3.33. The van der Waals surface area contributed by atoms with Crippen molar-refractivity contribution < 1.29 is 9.90 Å². The molecule has 0 bridgehead atoms. The van der Waals surface area contributed by atoms with E-state index in [0.717, 1.165) is 0 Å². The van der Waals surface area contributed by atoms with Crippen molar-refractivity contribution in [1.82, 2.24) is 4.98 Å². The van der Waals surface area contributed by atoms with Gasteiger partial charge in [-0.1, -0.05) is 11.6 Å². The summed E-state index contributed by atoms with van der Waals surface area (Å²) in [5, 5.41) is 9.04. The molecule has 0 unspecified atom stereocenters. The van der Waals surface area contributed by atoms with E-state index in [1.165, 1.54) is 6.07 Å². The molecule has 0 spiro atoms. The lowest BCUT2D eigenvalue weighted by Gasteiger charge is -2.01. The number of rotatable bonds is 1. The minimum Gasteiger partial charge on any atom is -0.478 e. The van der Waals surface area contributed by atoms with Gasteiger partial charge in [0.25, 0.3) is 0 Å². The molecule has 0 radical (unpaired) electrons. The summed E-state index contributed by atoms with van der Waals surface area (Å²) < 4.78 is 0.413. The highest BCUT2D eigenvalue weighted by Gasteiger charge is 2.11. The smallest absolute Gasteiger partial charge is 0.338 e. The largest absolute Gasteiger partial charge is 0.478 e. The molecule has 0 aromatic carbocycles. The van der Waals surface area contributed by atoms with Crippen LogP contribution in [0.1, 0.15) is 15.9 Å². The van der Waals surface area contributed by atoms with Gasteiger partial charge >= 0.3 is 5.97 Å². The van der Waals surface area contributed by atoms with Crippen molar-refractivity contribution in [1.29, 1.82) is 0 Å². The van der Waals surface area contributed by atoms with Crippen LogP contribution in [0, 0.1) is 10.6 Å². The molecular weight excluding hydrogens is 292 g/mol. The van der Waals surface area contributed by atoms with Crippen LogP contribution in [0.2, 0.25) is 5.15 Å². The van der Waals surface area contributed by atoms with Gasteiger partial charge in [0.1, 0.15) is 8.85 Å². The Morgan fingerprint density at radius 2 is 2.33 bits per heavy atom. The summed E-state index contributed by atoms with van der Waals surface area (Å²) in [5.74, 6) is -0.980. The lowest BCUT2D eigenvalue weighted by atomic mass is 10.2. The number of hydrogen-bond acceptors (Lipinski definition) is 2. The summed E-state index contributed by atoms with van der Waals surface area (Å²) >= 11 is 7.52. The molecule has 0 aliphatic heterocycles. The van der Waals surface area contributed by atoms with E-state index in [1.807, 2.05) is 22.6 Å². The Labute approximate surface area is 87.9 Å². The van der Waals surface area contributed by atoms with Crippen molar-refractivity contribution >= 4 is 40.2 Å². The molecule has 0 saturated carbocycles. The van der Waals surface area contributed by atoms with Gasteiger partial charge < -0.3 is 5.11 Å². The van der Waals surface area contributed by atoms with Gasteiger partial charge in [-0.2, -0.15) is 0 Å². The van der Waals surface area contributed by atoms with Gasteiger partial charge in [0.15, 0.2) is 0 Å². The number of halogens is 2. The van der Waals surface area contributed by atoms with E-state index in [-0.39, 0.29) is 5.56 Å². The Kier molecular flexibility index (Phi) is 2.89. The second kappa shape index (κ2) is 3.57. The minimum absolute atomic E-state index is 0.192. The van der Waals surface area contributed by atoms with Crippen LogP contribution in [-0.4, -0.2) is 16.1 Å². The van der Waals surface area contributed by atoms with E-state index < -0.39 is 5.97 Å².